The summed E-state index contributed by atoms with van der Waals surface area (Å²) in [6, 6.07) is 1.93. The van der Waals surface area contributed by atoms with Crippen molar-refractivity contribution in [3.63, 3.8) is 0 Å². The maximum atomic E-state index is 6.27. The predicted octanol–water partition coefficient (Wildman–Crippen LogP) is 1.69. The lowest BCUT2D eigenvalue weighted by molar-refractivity contribution is 0.129. The molecule has 0 aromatic carbocycles. The van der Waals surface area contributed by atoms with E-state index in [1.807, 2.05) is 19.9 Å². The maximum absolute atomic E-state index is 6.27. The molecule has 1 aromatic heterocycles. The number of pyridine rings is 1. The Kier molecular flexibility index (Phi) is 4.71. The number of nitrogens with zero attached hydrogens (tertiary/aromatic N) is 1. The average Bonchev–Trinajstić information content (AvgIpc) is 2.30. The summed E-state index contributed by atoms with van der Waals surface area (Å²) in [6.07, 6.45) is 4.25. The molecular weight excluding hydrogens is 204 g/mol. The summed E-state index contributed by atoms with van der Waals surface area (Å²) in [5.74, 6) is 0.749. The first-order chi connectivity index (χ1) is 7.66. The molecule has 2 N–H and O–H groups in total. The van der Waals surface area contributed by atoms with E-state index in [4.69, 9.17) is 15.2 Å². The minimum atomic E-state index is -0.491. The highest BCUT2D eigenvalue weighted by molar-refractivity contribution is 5.29. The van der Waals surface area contributed by atoms with Crippen LogP contribution in [0, 0.1) is 0 Å². The highest BCUT2D eigenvalue weighted by Crippen LogP contribution is 2.24. The van der Waals surface area contributed by atoms with E-state index in [-0.39, 0.29) is 0 Å². The minimum absolute atomic E-state index is 0.473. The molecule has 1 atom stereocenters. The number of ether oxygens (including phenoxy) is 2. The molecule has 0 bridgehead atoms. The molecule has 0 aliphatic heterocycles. The van der Waals surface area contributed by atoms with Crippen LogP contribution in [-0.2, 0) is 10.3 Å². The van der Waals surface area contributed by atoms with Gasteiger partial charge in [-0.05, 0) is 25.0 Å². The van der Waals surface area contributed by atoms with Crippen molar-refractivity contribution in [3.8, 4) is 5.75 Å². The van der Waals surface area contributed by atoms with E-state index in [9.17, 15) is 0 Å². The molecule has 0 aliphatic carbocycles. The third kappa shape index (κ3) is 2.93. The zero-order valence-electron chi connectivity index (χ0n) is 10.2. The normalized spacial score (nSPS) is 14.5. The highest BCUT2D eigenvalue weighted by Gasteiger charge is 2.26. The van der Waals surface area contributed by atoms with Gasteiger partial charge in [0, 0.05) is 13.3 Å². The monoisotopic (exact) mass is 224 g/mol. The Hall–Kier alpha value is -1.13. The molecule has 1 rings (SSSR count). The Morgan fingerprint density at radius 3 is 2.69 bits per heavy atom. The summed E-state index contributed by atoms with van der Waals surface area (Å²) >= 11 is 0. The topological polar surface area (TPSA) is 57.4 Å². The lowest BCUT2D eigenvalue weighted by Gasteiger charge is -2.27. The fourth-order valence-electron chi connectivity index (χ4n) is 1.58. The number of aromatic nitrogens is 1. The first-order valence-corrected chi connectivity index (χ1v) is 5.52. The molecule has 4 heteroatoms. The average molecular weight is 224 g/mol. The smallest absolute Gasteiger partial charge is 0.137 e. The van der Waals surface area contributed by atoms with Crippen molar-refractivity contribution in [2.24, 2.45) is 5.73 Å². The lowest BCUT2D eigenvalue weighted by atomic mass is 9.90. The van der Waals surface area contributed by atoms with Crippen molar-refractivity contribution in [2.75, 3.05) is 20.3 Å². The minimum Gasteiger partial charge on any atom is -0.492 e. The van der Waals surface area contributed by atoms with Crippen LogP contribution in [-0.4, -0.2) is 25.3 Å². The molecule has 1 aromatic rings. The van der Waals surface area contributed by atoms with Crippen molar-refractivity contribution in [3.05, 3.63) is 24.0 Å². The fraction of sp³-hybridized carbons (Fsp3) is 0.583. The van der Waals surface area contributed by atoms with Gasteiger partial charge in [0.25, 0.3) is 0 Å². The molecule has 1 unspecified atom stereocenters. The van der Waals surface area contributed by atoms with Gasteiger partial charge >= 0.3 is 0 Å². The van der Waals surface area contributed by atoms with Crippen molar-refractivity contribution in [2.45, 2.75) is 25.8 Å². The third-order valence-corrected chi connectivity index (χ3v) is 2.63. The summed E-state index contributed by atoms with van der Waals surface area (Å²) in [4.78, 5) is 4.14. The molecule has 1 heterocycles. The van der Waals surface area contributed by atoms with Crippen LogP contribution in [0.1, 0.15) is 25.8 Å². The number of hydrogen-bond acceptors (Lipinski definition) is 4. The van der Waals surface area contributed by atoms with Gasteiger partial charge in [-0.1, -0.05) is 6.92 Å². The Labute approximate surface area is 96.8 Å². The van der Waals surface area contributed by atoms with Crippen LogP contribution in [0.4, 0.5) is 0 Å². The standard InChI is InChI=1S/C12H20N2O2/c1-4-12(13,9-15-3)10-6-11(16-5-2)8-14-7-10/h6-8H,4-5,9,13H2,1-3H3. The fourth-order valence-corrected chi connectivity index (χ4v) is 1.58. The van der Waals surface area contributed by atoms with Crippen LogP contribution in [0.3, 0.4) is 0 Å². The van der Waals surface area contributed by atoms with Gasteiger partial charge in [-0.2, -0.15) is 0 Å². The van der Waals surface area contributed by atoms with Crippen LogP contribution < -0.4 is 10.5 Å². The van der Waals surface area contributed by atoms with Crippen LogP contribution in [0.15, 0.2) is 18.5 Å². The van der Waals surface area contributed by atoms with Gasteiger partial charge in [-0.3, -0.25) is 4.98 Å². The molecular formula is C12H20N2O2. The van der Waals surface area contributed by atoms with Gasteiger partial charge < -0.3 is 15.2 Å². The Balaban J connectivity index is 2.96. The van der Waals surface area contributed by atoms with E-state index in [1.54, 1.807) is 19.5 Å². The second kappa shape index (κ2) is 5.82. The Morgan fingerprint density at radius 2 is 2.12 bits per heavy atom. The SMILES string of the molecule is CCOc1cncc(C(N)(CC)COC)c1. The van der Waals surface area contributed by atoms with Gasteiger partial charge in [0.05, 0.1) is 24.9 Å². The molecule has 0 aliphatic rings. The third-order valence-electron chi connectivity index (χ3n) is 2.63. The molecule has 0 radical (unpaired) electrons. The molecule has 16 heavy (non-hydrogen) atoms. The van der Waals surface area contributed by atoms with E-state index in [0.29, 0.717) is 13.2 Å². The molecule has 0 fully saturated rings. The van der Waals surface area contributed by atoms with E-state index >= 15 is 0 Å². The quantitative estimate of drug-likeness (QED) is 0.799. The van der Waals surface area contributed by atoms with Crippen molar-refractivity contribution in [1.82, 2.24) is 4.98 Å². The van der Waals surface area contributed by atoms with Crippen molar-refractivity contribution < 1.29 is 9.47 Å². The summed E-state index contributed by atoms with van der Waals surface area (Å²) < 4.78 is 10.6. The van der Waals surface area contributed by atoms with Gasteiger partial charge in [0.1, 0.15) is 5.75 Å². The molecule has 0 spiro atoms. The lowest BCUT2D eigenvalue weighted by Crippen LogP contribution is -2.40. The Morgan fingerprint density at radius 1 is 1.38 bits per heavy atom. The summed E-state index contributed by atoms with van der Waals surface area (Å²) in [6.45, 7) is 5.07. The van der Waals surface area contributed by atoms with E-state index in [0.717, 1.165) is 17.7 Å². The first-order valence-electron chi connectivity index (χ1n) is 5.52. The summed E-state index contributed by atoms with van der Waals surface area (Å²) in [7, 11) is 1.65. The second-order valence-electron chi connectivity index (χ2n) is 3.79. The van der Waals surface area contributed by atoms with Crippen molar-refractivity contribution in [1.29, 1.82) is 0 Å². The molecule has 0 saturated heterocycles. The van der Waals surface area contributed by atoms with Crippen LogP contribution in [0.25, 0.3) is 0 Å². The Bertz CT molecular complexity index is 331. The van der Waals surface area contributed by atoms with Gasteiger partial charge in [0.15, 0.2) is 0 Å². The largest absolute Gasteiger partial charge is 0.492 e. The number of methoxy groups -OCH3 is 1. The predicted molar refractivity (Wildman–Crippen MR) is 63.4 cm³/mol. The van der Waals surface area contributed by atoms with Gasteiger partial charge in [-0.25, -0.2) is 0 Å². The first kappa shape index (κ1) is 12.9. The van der Waals surface area contributed by atoms with E-state index < -0.39 is 5.54 Å². The van der Waals surface area contributed by atoms with Gasteiger partial charge in [-0.15, -0.1) is 0 Å². The number of hydrogen-bond donors (Lipinski definition) is 1. The number of rotatable bonds is 6. The number of nitrogens with two attached hydrogens (primary N) is 1. The van der Waals surface area contributed by atoms with Crippen LogP contribution >= 0.6 is 0 Å². The van der Waals surface area contributed by atoms with Crippen molar-refractivity contribution >= 4 is 0 Å². The van der Waals surface area contributed by atoms with E-state index in [1.165, 1.54) is 0 Å². The molecule has 0 amide bonds. The molecule has 90 valence electrons. The highest BCUT2D eigenvalue weighted by atomic mass is 16.5. The van der Waals surface area contributed by atoms with Crippen LogP contribution in [0.5, 0.6) is 5.75 Å². The zero-order chi connectivity index (χ0) is 12.0. The maximum Gasteiger partial charge on any atom is 0.137 e. The molecule has 4 nitrogen and oxygen atoms in total. The summed E-state index contributed by atoms with van der Waals surface area (Å²) in [5, 5.41) is 0. The molecule has 0 saturated carbocycles. The second-order valence-corrected chi connectivity index (χ2v) is 3.79. The van der Waals surface area contributed by atoms with E-state index in [2.05, 4.69) is 4.98 Å². The van der Waals surface area contributed by atoms with Gasteiger partial charge in [0.2, 0.25) is 0 Å². The zero-order valence-corrected chi connectivity index (χ0v) is 10.2. The summed E-state index contributed by atoms with van der Waals surface area (Å²) in [5.41, 5.74) is 6.73. The van der Waals surface area contributed by atoms with Crippen LogP contribution in [0.2, 0.25) is 0 Å².